The summed E-state index contributed by atoms with van der Waals surface area (Å²) in [6, 6.07) is 5.88. The van der Waals surface area contributed by atoms with Crippen LogP contribution in [-0.4, -0.2) is 5.16 Å². The van der Waals surface area contributed by atoms with E-state index in [9.17, 15) is 0 Å². The molecule has 0 unspecified atom stereocenters. The molecule has 0 aliphatic carbocycles. The highest BCUT2D eigenvalue weighted by atomic mass is 79.9. The van der Waals surface area contributed by atoms with Gasteiger partial charge in [0.2, 0.25) is 0 Å². The minimum absolute atomic E-state index is 0.724. The molecule has 0 amide bonds. The predicted octanol–water partition coefficient (Wildman–Crippen LogP) is 3.49. The van der Waals surface area contributed by atoms with Crippen molar-refractivity contribution in [1.29, 1.82) is 0 Å². The molecule has 0 saturated carbocycles. The van der Waals surface area contributed by atoms with Gasteiger partial charge in [-0.3, -0.25) is 0 Å². The Hall–Kier alpha value is -0.350. The van der Waals surface area contributed by atoms with E-state index in [1.165, 1.54) is 0 Å². The Balaban J connectivity index is 2.73. The number of alkyl halides is 1. The van der Waals surface area contributed by atoms with Gasteiger partial charge in [0.15, 0.2) is 5.58 Å². The number of aromatic nitrogens is 1. The lowest BCUT2D eigenvalue weighted by atomic mass is 10.2. The van der Waals surface area contributed by atoms with Crippen LogP contribution in [0.5, 0.6) is 0 Å². The van der Waals surface area contributed by atoms with Gasteiger partial charge in [0.1, 0.15) is 5.69 Å². The van der Waals surface area contributed by atoms with E-state index in [2.05, 4.69) is 37.0 Å². The van der Waals surface area contributed by atoms with Crippen LogP contribution in [0, 0.1) is 0 Å². The molecule has 0 aliphatic heterocycles. The maximum Gasteiger partial charge on any atom is 0.168 e. The molecule has 4 heteroatoms. The molecule has 0 bridgehead atoms. The third kappa shape index (κ3) is 1.29. The zero-order valence-corrected chi connectivity index (χ0v) is 9.22. The van der Waals surface area contributed by atoms with Crippen molar-refractivity contribution in [2.45, 2.75) is 5.33 Å². The van der Waals surface area contributed by atoms with Crippen molar-refractivity contribution >= 4 is 42.8 Å². The molecule has 12 heavy (non-hydrogen) atoms. The van der Waals surface area contributed by atoms with Crippen LogP contribution in [0.4, 0.5) is 0 Å². The third-order valence-electron chi connectivity index (χ3n) is 1.64. The third-order valence-corrected chi connectivity index (χ3v) is 2.66. The summed E-state index contributed by atoms with van der Waals surface area (Å²) >= 11 is 6.71. The molecule has 2 aromatic rings. The Morgan fingerprint density at radius 1 is 1.42 bits per heavy atom. The van der Waals surface area contributed by atoms with Crippen molar-refractivity contribution in [2.75, 3.05) is 0 Å². The van der Waals surface area contributed by atoms with Gasteiger partial charge in [-0.15, -0.1) is 0 Å². The van der Waals surface area contributed by atoms with Crippen molar-refractivity contribution in [1.82, 2.24) is 5.16 Å². The van der Waals surface area contributed by atoms with Gasteiger partial charge in [-0.05, 0) is 18.2 Å². The van der Waals surface area contributed by atoms with Gasteiger partial charge in [-0.1, -0.05) is 37.0 Å². The largest absolute Gasteiger partial charge is 0.356 e. The summed E-state index contributed by atoms with van der Waals surface area (Å²) < 4.78 is 6.12. The van der Waals surface area contributed by atoms with E-state index in [0.29, 0.717) is 0 Å². The summed E-state index contributed by atoms with van der Waals surface area (Å²) in [6.07, 6.45) is 0. The zero-order valence-electron chi connectivity index (χ0n) is 6.05. The predicted molar refractivity (Wildman–Crippen MR) is 54.3 cm³/mol. The number of rotatable bonds is 1. The lowest BCUT2D eigenvalue weighted by molar-refractivity contribution is 0.450. The molecule has 0 radical (unpaired) electrons. The standard InChI is InChI=1S/C8H5Br2NO/c9-4-7-6-2-1-5(10)3-8(6)12-11-7/h1-3H,4H2. The number of fused-ring (bicyclic) bond motifs is 1. The minimum atomic E-state index is 0.724. The highest BCUT2D eigenvalue weighted by Gasteiger charge is 2.05. The second kappa shape index (κ2) is 3.18. The summed E-state index contributed by atoms with van der Waals surface area (Å²) in [6.45, 7) is 0. The first kappa shape index (κ1) is 8.26. The molecule has 1 aromatic heterocycles. The van der Waals surface area contributed by atoms with Crippen LogP contribution in [0.3, 0.4) is 0 Å². The Morgan fingerprint density at radius 3 is 3.00 bits per heavy atom. The fourth-order valence-corrected chi connectivity index (χ4v) is 1.80. The van der Waals surface area contributed by atoms with Crippen molar-refractivity contribution in [3.05, 3.63) is 28.4 Å². The lowest BCUT2D eigenvalue weighted by Gasteiger charge is -1.89. The number of hydrogen-bond acceptors (Lipinski definition) is 2. The van der Waals surface area contributed by atoms with Crippen LogP contribution in [0.15, 0.2) is 27.2 Å². The summed E-state index contributed by atoms with van der Waals surface area (Å²) in [5.41, 5.74) is 1.76. The number of hydrogen-bond donors (Lipinski definition) is 0. The highest BCUT2D eigenvalue weighted by molar-refractivity contribution is 9.10. The summed E-state index contributed by atoms with van der Waals surface area (Å²) in [5, 5.41) is 5.70. The Bertz CT molecular complexity index is 410. The molecule has 1 aromatic carbocycles. The molecule has 0 aliphatic rings. The van der Waals surface area contributed by atoms with Gasteiger partial charge in [-0.25, -0.2) is 0 Å². The first-order chi connectivity index (χ1) is 5.81. The Morgan fingerprint density at radius 2 is 2.25 bits per heavy atom. The lowest BCUT2D eigenvalue weighted by Crippen LogP contribution is -1.75. The quantitative estimate of drug-likeness (QED) is 0.752. The molecule has 0 spiro atoms. The molecule has 0 N–H and O–H groups in total. The number of halogens is 2. The first-order valence-electron chi connectivity index (χ1n) is 3.41. The van der Waals surface area contributed by atoms with Crippen molar-refractivity contribution < 1.29 is 4.52 Å². The van der Waals surface area contributed by atoms with Crippen molar-refractivity contribution in [3.8, 4) is 0 Å². The van der Waals surface area contributed by atoms with E-state index in [0.717, 1.165) is 26.5 Å². The topological polar surface area (TPSA) is 26.0 Å². The van der Waals surface area contributed by atoms with E-state index >= 15 is 0 Å². The summed E-state index contributed by atoms with van der Waals surface area (Å²) in [7, 11) is 0. The second-order valence-corrected chi connectivity index (χ2v) is 3.88. The maximum atomic E-state index is 5.11. The normalized spacial score (nSPS) is 10.8. The van der Waals surface area contributed by atoms with E-state index in [-0.39, 0.29) is 0 Å². The first-order valence-corrected chi connectivity index (χ1v) is 5.32. The van der Waals surface area contributed by atoms with Crippen molar-refractivity contribution in [2.24, 2.45) is 0 Å². The van der Waals surface area contributed by atoms with Gasteiger partial charge < -0.3 is 4.52 Å². The molecule has 1 heterocycles. The monoisotopic (exact) mass is 289 g/mol. The SMILES string of the molecule is BrCc1noc2cc(Br)ccc12. The molecule has 0 saturated heterocycles. The van der Waals surface area contributed by atoms with E-state index in [4.69, 9.17) is 4.52 Å². The zero-order chi connectivity index (χ0) is 8.55. The minimum Gasteiger partial charge on any atom is -0.356 e. The van der Waals surface area contributed by atoms with Gasteiger partial charge in [0, 0.05) is 15.2 Å². The second-order valence-electron chi connectivity index (χ2n) is 2.40. The van der Waals surface area contributed by atoms with Gasteiger partial charge >= 0.3 is 0 Å². The Labute approximate surface area is 86.2 Å². The summed E-state index contributed by atoms with van der Waals surface area (Å²) in [5.74, 6) is 0. The van der Waals surface area contributed by atoms with E-state index in [1.54, 1.807) is 0 Å². The van der Waals surface area contributed by atoms with Crippen LogP contribution in [-0.2, 0) is 5.33 Å². The number of nitrogens with zero attached hydrogens (tertiary/aromatic N) is 1. The molecule has 2 rings (SSSR count). The van der Waals surface area contributed by atoms with Crippen LogP contribution in [0.1, 0.15) is 5.69 Å². The maximum absolute atomic E-state index is 5.11. The van der Waals surface area contributed by atoms with Gasteiger partial charge in [0.05, 0.1) is 0 Å². The molecule has 2 nitrogen and oxygen atoms in total. The molecule has 62 valence electrons. The Kier molecular flexibility index (Phi) is 2.19. The number of benzene rings is 1. The van der Waals surface area contributed by atoms with E-state index in [1.807, 2.05) is 18.2 Å². The molecule has 0 fully saturated rings. The fraction of sp³-hybridized carbons (Fsp3) is 0.125. The van der Waals surface area contributed by atoms with Crippen LogP contribution < -0.4 is 0 Å². The van der Waals surface area contributed by atoms with E-state index < -0.39 is 0 Å². The highest BCUT2D eigenvalue weighted by Crippen LogP contribution is 2.23. The molecular weight excluding hydrogens is 286 g/mol. The fourth-order valence-electron chi connectivity index (χ4n) is 1.06. The average Bonchev–Trinajstić information content (AvgIpc) is 2.46. The smallest absolute Gasteiger partial charge is 0.168 e. The molecule has 0 atom stereocenters. The van der Waals surface area contributed by atoms with Crippen LogP contribution in [0.25, 0.3) is 11.0 Å². The van der Waals surface area contributed by atoms with Gasteiger partial charge in [0.25, 0.3) is 0 Å². The van der Waals surface area contributed by atoms with Crippen LogP contribution >= 0.6 is 31.9 Å². The summed E-state index contributed by atoms with van der Waals surface area (Å²) in [4.78, 5) is 0. The van der Waals surface area contributed by atoms with Crippen molar-refractivity contribution in [3.63, 3.8) is 0 Å². The average molecular weight is 291 g/mol. The molecular formula is C8H5Br2NO. The van der Waals surface area contributed by atoms with Crippen LogP contribution in [0.2, 0.25) is 0 Å². The van der Waals surface area contributed by atoms with Gasteiger partial charge in [-0.2, -0.15) is 0 Å².